The van der Waals surface area contributed by atoms with E-state index in [-0.39, 0.29) is 0 Å². The minimum atomic E-state index is -1.24. The van der Waals surface area contributed by atoms with Crippen molar-refractivity contribution in [1.82, 2.24) is 9.55 Å². The molecular formula is C13H14N2O3S. The molecule has 0 bridgehead atoms. The molecule has 2 aromatic rings. The topological polar surface area (TPSA) is 64.3 Å². The van der Waals surface area contributed by atoms with Gasteiger partial charge in [0.05, 0.1) is 6.33 Å². The zero-order chi connectivity index (χ0) is 13.2. The van der Waals surface area contributed by atoms with Gasteiger partial charge in [0.15, 0.2) is 5.06 Å². The van der Waals surface area contributed by atoms with Crippen LogP contribution in [0.3, 0.4) is 0 Å². The summed E-state index contributed by atoms with van der Waals surface area (Å²) in [6, 6.07) is 1.87. The fraction of sp³-hybridized carbons (Fsp3) is 0.385. The maximum Gasteiger partial charge on any atom is 0.512 e. The highest BCUT2D eigenvalue weighted by atomic mass is 32.1. The minimum Gasteiger partial charge on any atom is -0.449 e. The number of thiophene rings is 1. The van der Waals surface area contributed by atoms with Crippen LogP contribution in [0.5, 0.6) is 5.06 Å². The highest BCUT2D eigenvalue weighted by Gasteiger charge is 2.22. The van der Waals surface area contributed by atoms with E-state index in [1.54, 1.807) is 6.20 Å². The fourth-order valence-electron chi connectivity index (χ4n) is 2.56. The second-order valence-electron chi connectivity index (χ2n) is 4.75. The van der Waals surface area contributed by atoms with E-state index in [4.69, 9.17) is 9.84 Å². The highest BCUT2D eigenvalue weighted by molar-refractivity contribution is 7.14. The number of carbonyl (C=O) groups is 1. The maximum atomic E-state index is 10.5. The zero-order valence-corrected chi connectivity index (χ0v) is 11.1. The molecule has 1 atom stereocenters. The Morgan fingerprint density at radius 2 is 2.53 bits per heavy atom. The van der Waals surface area contributed by atoms with Gasteiger partial charge in [0.1, 0.15) is 0 Å². The molecule has 0 amide bonds. The molecule has 1 aliphatic rings. The average molecular weight is 278 g/mol. The van der Waals surface area contributed by atoms with Crippen molar-refractivity contribution in [3.63, 3.8) is 0 Å². The van der Waals surface area contributed by atoms with Crippen molar-refractivity contribution >= 4 is 17.5 Å². The number of hydrogen-bond acceptors (Lipinski definition) is 4. The molecule has 0 saturated heterocycles. The molecule has 0 aliphatic heterocycles. The lowest BCUT2D eigenvalue weighted by Gasteiger charge is -2.22. The van der Waals surface area contributed by atoms with Gasteiger partial charge in [-0.1, -0.05) is 0 Å². The van der Waals surface area contributed by atoms with E-state index < -0.39 is 6.16 Å². The Morgan fingerprint density at radius 3 is 3.26 bits per heavy atom. The van der Waals surface area contributed by atoms with Gasteiger partial charge in [0.2, 0.25) is 0 Å². The molecule has 2 aromatic heterocycles. The third kappa shape index (κ3) is 2.78. The van der Waals surface area contributed by atoms with E-state index in [9.17, 15) is 4.79 Å². The summed E-state index contributed by atoms with van der Waals surface area (Å²) < 4.78 is 6.82. The molecule has 3 rings (SSSR count). The molecule has 1 aliphatic carbocycles. The first kappa shape index (κ1) is 12.2. The molecular weight excluding hydrogens is 264 g/mol. The van der Waals surface area contributed by atoms with Crippen molar-refractivity contribution in [2.75, 3.05) is 0 Å². The lowest BCUT2D eigenvalue weighted by molar-refractivity contribution is 0.146. The molecule has 0 aromatic carbocycles. The Balaban J connectivity index is 1.69. The number of ether oxygens (including phenoxy) is 1. The van der Waals surface area contributed by atoms with Crippen molar-refractivity contribution < 1.29 is 14.6 Å². The summed E-state index contributed by atoms with van der Waals surface area (Å²) in [5.74, 6) is 0.578. The van der Waals surface area contributed by atoms with Crippen LogP contribution in [0, 0.1) is 5.92 Å². The molecule has 0 fully saturated rings. The van der Waals surface area contributed by atoms with Crippen LogP contribution in [0.4, 0.5) is 4.79 Å². The van der Waals surface area contributed by atoms with E-state index in [2.05, 4.69) is 9.55 Å². The number of aromatic nitrogens is 2. The van der Waals surface area contributed by atoms with Gasteiger partial charge in [0.25, 0.3) is 0 Å². The summed E-state index contributed by atoms with van der Waals surface area (Å²) in [5, 5.41) is 9.11. The summed E-state index contributed by atoms with van der Waals surface area (Å²) >= 11 is 1.45. The van der Waals surface area contributed by atoms with Crippen LogP contribution in [0.2, 0.25) is 0 Å². The van der Waals surface area contributed by atoms with Crippen LogP contribution in [0.25, 0.3) is 0 Å². The minimum absolute atomic E-state index is 0.487. The summed E-state index contributed by atoms with van der Waals surface area (Å²) in [6.07, 6.45) is 7.46. The van der Waals surface area contributed by atoms with E-state index in [0.717, 1.165) is 25.8 Å². The van der Waals surface area contributed by atoms with Gasteiger partial charge in [0, 0.05) is 23.8 Å². The average Bonchev–Trinajstić information content (AvgIpc) is 2.96. The van der Waals surface area contributed by atoms with Crippen LogP contribution in [0.1, 0.15) is 16.9 Å². The van der Waals surface area contributed by atoms with Crippen molar-refractivity contribution in [2.45, 2.75) is 25.8 Å². The molecule has 6 heteroatoms. The molecule has 2 heterocycles. The Morgan fingerprint density at radius 1 is 1.63 bits per heavy atom. The first-order chi connectivity index (χ1) is 9.20. The smallest absolute Gasteiger partial charge is 0.449 e. The lowest BCUT2D eigenvalue weighted by atomic mass is 9.88. The second-order valence-corrected chi connectivity index (χ2v) is 5.85. The van der Waals surface area contributed by atoms with Crippen molar-refractivity contribution in [3.8, 4) is 5.06 Å². The summed E-state index contributed by atoms with van der Waals surface area (Å²) in [4.78, 5) is 15.8. The molecule has 1 N–H and O–H groups in total. The number of nitrogens with zero attached hydrogens (tertiary/aromatic N) is 2. The number of rotatable bonds is 3. The van der Waals surface area contributed by atoms with Crippen molar-refractivity contribution in [1.29, 1.82) is 0 Å². The van der Waals surface area contributed by atoms with Crippen LogP contribution < -0.4 is 4.74 Å². The van der Waals surface area contributed by atoms with Crippen molar-refractivity contribution in [3.05, 3.63) is 35.2 Å². The molecule has 5 nitrogen and oxygen atoms in total. The molecule has 100 valence electrons. The number of fused-ring (bicyclic) bond motifs is 1. The Bertz CT molecular complexity index is 577. The zero-order valence-electron chi connectivity index (χ0n) is 10.3. The number of carboxylic acid groups (broad SMARTS) is 1. The Hall–Kier alpha value is -1.82. The van der Waals surface area contributed by atoms with E-state index in [1.165, 1.54) is 21.8 Å². The van der Waals surface area contributed by atoms with E-state index >= 15 is 0 Å². The highest BCUT2D eigenvalue weighted by Crippen LogP contribution is 2.36. The van der Waals surface area contributed by atoms with Gasteiger partial charge in [-0.3, -0.25) is 0 Å². The van der Waals surface area contributed by atoms with Gasteiger partial charge < -0.3 is 14.4 Å². The molecule has 0 radical (unpaired) electrons. The standard InChI is InChI=1S/C13H14N2O3S/c16-13(17)18-12-6-10-5-9(1-2-11(10)19-12)7-15-4-3-14-8-15/h3-4,6,8-9H,1-2,5,7H2,(H,16,17). The summed E-state index contributed by atoms with van der Waals surface area (Å²) in [7, 11) is 0. The number of aryl methyl sites for hydroxylation is 1. The van der Waals surface area contributed by atoms with Gasteiger partial charge in [-0.15, -0.1) is 11.3 Å². The van der Waals surface area contributed by atoms with E-state index in [0.29, 0.717) is 11.0 Å². The van der Waals surface area contributed by atoms with E-state index in [1.807, 2.05) is 18.6 Å². The molecule has 1 unspecified atom stereocenters. The Kier molecular flexibility index (Phi) is 3.25. The van der Waals surface area contributed by atoms with Gasteiger partial charge in [-0.2, -0.15) is 0 Å². The third-order valence-electron chi connectivity index (χ3n) is 3.38. The van der Waals surface area contributed by atoms with Crippen LogP contribution in [-0.4, -0.2) is 20.8 Å². The lowest BCUT2D eigenvalue weighted by Crippen LogP contribution is -2.17. The number of imidazole rings is 1. The van der Waals surface area contributed by atoms with Gasteiger partial charge in [-0.25, -0.2) is 9.78 Å². The van der Waals surface area contributed by atoms with Gasteiger partial charge >= 0.3 is 6.16 Å². The summed E-state index contributed by atoms with van der Waals surface area (Å²) in [5.41, 5.74) is 1.23. The first-order valence-electron chi connectivity index (χ1n) is 6.19. The monoisotopic (exact) mass is 278 g/mol. The quantitative estimate of drug-likeness (QED) is 0.877. The first-order valence-corrected chi connectivity index (χ1v) is 7.00. The SMILES string of the molecule is O=C(O)Oc1cc2c(s1)CCC(Cn1ccnc1)C2. The predicted octanol–water partition coefficient (Wildman–Crippen LogP) is 2.81. The molecule has 19 heavy (non-hydrogen) atoms. The maximum absolute atomic E-state index is 10.5. The largest absolute Gasteiger partial charge is 0.512 e. The van der Waals surface area contributed by atoms with Crippen LogP contribution in [0.15, 0.2) is 24.8 Å². The second kappa shape index (κ2) is 5.05. The normalized spacial score (nSPS) is 18.0. The molecule has 0 saturated carbocycles. The molecule has 0 spiro atoms. The fourth-order valence-corrected chi connectivity index (χ4v) is 3.61. The van der Waals surface area contributed by atoms with Crippen molar-refractivity contribution in [2.24, 2.45) is 5.92 Å². The van der Waals surface area contributed by atoms with Crippen LogP contribution >= 0.6 is 11.3 Å². The predicted molar refractivity (Wildman–Crippen MR) is 70.7 cm³/mol. The Labute approximate surface area is 114 Å². The van der Waals surface area contributed by atoms with Gasteiger partial charge in [-0.05, 0) is 36.8 Å². The van der Waals surface area contributed by atoms with Crippen LogP contribution in [-0.2, 0) is 19.4 Å². The number of hydrogen-bond donors (Lipinski definition) is 1. The summed E-state index contributed by atoms with van der Waals surface area (Å²) in [6.45, 7) is 0.963. The third-order valence-corrected chi connectivity index (χ3v) is 4.49.